The second-order valence-electron chi connectivity index (χ2n) is 4.67. The van der Waals surface area contributed by atoms with Crippen LogP contribution in [-0.4, -0.2) is 43.9 Å². The van der Waals surface area contributed by atoms with Crippen LogP contribution in [-0.2, 0) is 14.3 Å². The normalized spacial score (nSPS) is 11.7. The smallest absolute Gasteiger partial charge is 0.329 e. The molecule has 1 atom stereocenters. The van der Waals surface area contributed by atoms with Crippen molar-refractivity contribution in [3.8, 4) is 5.75 Å². The van der Waals surface area contributed by atoms with Crippen LogP contribution in [0, 0.1) is 0 Å². The minimum Gasteiger partial charge on any atom is -0.497 e. The van der Waals surface area contributed by atoms with Gasteiger partial charge in [-0.1, -0.05) is 19.1 Å². The summed E-state index contributed by atoms with van der Waals surface area (Å²) in [6, 6.07) is 7.60. The number of carboxylic acid groups (broad SMARTS) is 1. The molecule has 0 bridgehead atoms. The highest BCUT2D eigenvalue weighted by Gasteiger charge is 2.11. The van der Waals surface area contributed by atoms with Gasteiger partial charge in [0.1, 0.15) is 12.4 Å². The first-order chi connectivity index (χ1) is 10.0. The van der Waals surface area contributed by atoms with Crippen molar-refractivity contribution < 1.29 is 24.2 Å². The van der Waals surface area contributed by atoms with Crippen LogP contribution in [0.1, 0.15) is 24.8 Å². The topological polar surface area (TPSA) is 84.9 Å². The maximum absolute atomic E-state index is 11.7. The molecule has 1 aromatic rings. The lowest BCUT2D eigenvalue weighted by molar-refractivity contribution is -0.142. The summed E-state index contributed by atoms with van der Waals surface area (Å²) < 4.78 is 9.92. The fourth-order valence-electron chi connectivity index (χ4n) is 1.82. The van der Waals surface area contributed by atoms with E-state index in [4.69, 9.17) is 14.6 Å². The number of ether oxygens (including phenoxy) is 2. The Morgan fingerprint density at radius 3 is 2.52 bits per heavy atom. The molecule has 21 heavy (non-hydrogen) atoms. The van der Waals surface area contributed by atoms with Crippen LogP contribution in [0.15, 0.2) is 24.3 Å². The number of carboxylic acids is 1. The van der Waals surface area contributed by atoms with E-state index in [1.807, 2.05) is 31.2 Å². The van der Waals surface area contributed by atoms with Crippen molar-refractivity contribution in [3.05, 3.63) is 29.8 Å². The van der Waals surface area contributed by atoms with Crippen molar-refractivity contribution in [1.29, 1.82) is 0 Å². The van der Waals surface area contributed by atoms with E-state index >= 15 is 0 Å². The summed E-state index contributed by atoms with van der Waals surface area (Å²) in [5, 5.41) is 11.1. The largest absolute Gasteiger partial charge is 0.497 e. The van der Waals surface area contributed by atoms with E-state index < -0.39 is 5.97 Å². The average molecular weight is 295 g/mol. The molecule has 116 valence electrons. The molecular formula is C15H21NO5. The van der Waals surface area contributed by atoms with Crippen molar-refractivity contribution in [2.45, 2.75) is 19.3 Å². The average Bonchev–Trinajstić information content (AvgIpc) is 2.46. The van der Waals surface area contributed by atoms with Crippen LogP contribution in [0.2, 0.25) is 0 Å². The predicted molar refractivity (Wildman–Crippen MR) is 77.5 cm³/mol. The Labute approximate surface area is 124 Å². The molecule has 0 spiro atoms. The maximum Gasteiger partial charge on any atom is 0.329 e. The Bertz CT molecular complexity index is 458. The lowest BCUT2D eigenvalue weighted by atomic mass is 9.97. The summed E-state index contributed by atoms with van der Waals surface area (Å²) in [6.07, 6.45) is 0.366. The van der Waals surface area contributed by atoms with E-state index in [1.165, 1.54) is 0 Å². The van der Waals surface area contributed by atoms with Gasteiger partial charge in [0.2, 0.25) is 5.91 Å². The number of benzene rings is 1. The highest BCUT2D eigenvalue weighted by molar-refractivity contribution is 5.76. The molecule has 0 fully saturated rings. The number of methoxy groups -OCH3 is 1. The van der Waals surface area contributed by atoms with Crippen LogP contribution in [0.5, 0.6) is 5.75 Å². The van der Waals surface area contributed by atoms with Gasteiger partial charge < -0.3 is 19.9 Å². The second-order valence-corrected chi connectivity index (χ2v) is 4.67. The van der Waals surface area contributed by atoms with Crippen molar-refractivity contribution in [2.24, 2.45) is 0 Å². The van der Waals surface area contributed by atoms with Gasteiger partial charge in [0, 0.05) is 13.0 Å². The van der Waals surface area contributed by atoms with Crippen LogP contribution in [0.3, 0.4) is 0 Å². The fourth-order valence-corrected chi connectivity index (χ4v) is 1.82. The number of nitrogens with one attached hydrogen (secondary N) is 1. The molecule has 0 radical (unpaired) electrons. The number of carbonyl (C=O) groups is 2. The SMILES string of the molecule is COc1ccc(C(C)CC(=O)NCCOCC(=O)O)cc1. The van der Waals surface area contributed by atoms with Gasteiger partial charge in [-0.3, -0.25) is 4.79 Å². The Balaban J connectivity index is 2.28. The van der Waals surface area contributed by atoms with Gasteiger partial charge in [-0.25, -0.2) is 4.79 Å². The van der Waals surface area contributed by atoms with E-state index in [1.54, 1.807) is 7.11 Å². The van der Waals surface area contributed by atoms with E-state index in [9.17, 15) is 9.59 Å². The quantitative estimate of drug-likeness (QED) is 0.673. The highest BCUT2D eigenvalue weighted by Crippen LogP contribution is 2.21. The molecule has 1 rings (SSSR count). The molecule has 0 saturated heterocycles. The van der Waals surface area contributed by atoms with E-state index in [0.29, 0.717) is 13.0 Å². The molecule has 1 unspecified atom stereocenters. The number of hydrogen-bond acceptors (Lipinski definition) is 4. The third-order valence-electron chi connectivity index (χ3n) is 2.97. The Kier molecular flexibility index (Phi) is 7.25. The minimum atomic E-state index is -1.02. The standard InChI is InChI=1S/C15H21NO5/c1-11(12-3-5-13(20-2)6-4-12)9-14(17)16-7-8-21-10-15(18)19/h3-6,11H,7-10H2,1-2H3,(H,16,17)(H,18,19). The minimum absolute atomic E-state index is 0.0859. The molecule has 6 nitrogen and oxygen atoms in total. The van der Waals surface area contributed by atoms with Gasteiger partial charge in [-0.05, 0) is 23.6 Å². The molecule has 1 aromatic carbocycles. The molecule has 2 N–H and O–H groups in total. The molecule has 0 aliphatic carbocycles. The lowest BCUT2D eigenvalue weighted by Crippen LogP contribution is -2.28. The molecule has 0 aromatic heterocycles. The molecule has 1 amide bonds. The number of rotatable bonds is 9. The molecule has 6 heteroatoms. The van der Waals surface area contributed by atoms with Crippen molar-refractivity contribution in [2.75, 3.05) is 26.9 Å². The van der Waals surface area contributed by atoms with E-state index in [0.717, 1.165) is 11.3 Å². The second kappa shape index (κ2) is 8.97. The summed E-state index contributed by atoms with van der Waals surface area (Å²) in [4.78, 5) is 22.0. The number of hydrogen-bond donors (Lipinski definition) is 2. The van der Waals surface area contributed by atoms with E-state index in [2.05, 4.69) is 5.32 Å². The van der Waals surface area contributed by atoms with Crippen LogP contribution < -0.4 is 10.1 Å². The van der Waals surface area contributed by atoms with Crippen LogP contribution in [0.4, 0.5) is 0 Å². The van der Waals surface area contributed by atoms with E-state index in [-0.39, 0.29) is 25.0 Å². The first kappa shape index (κ1) is 17.0. The van der Waals surface area contributed by atoms with Gasteiger partial charge in [-0.2, -0.15) is 0 Å². The number of amides is 1. The van der Waals surface area contributed by atoms with Gasteiger partial charge in [0.15, 0.2) is 0 Å². The predicted octanol–water partition coefficient (Wildman–Crippen LogP) is 1.41. The Morgan fingerprint density at radius 2 is 1.95 bits per heavy atom. The third kappa shape index (κ3) is 6.76. The Hall–Kier alpha value is -2.08. The zero-order valence-electron chi connectivity index (χ0n) is 12.3. The maximum atomic E-state index is 11.7. The van der Waals surface area contributed by atoms with Gasteiger partial charge in [-0.15, -0.1) is 0 Å². The summed E-state index contributed by atoms with van der Waals surface area (Å²) >= 11 is 0. The van der Waals surface area contributed by atoms with Gasteiger partial charge >= 0.3 is 5.97 Å². The monoisotopic (exact) mass is 295 g/mol. The Morgan fingerprint density at radius 1 is 1.29 bits per heavy atom. The van der Waals surface area contributed by atoms with Gasteiger partial charge in [0.25, 0.3) is 0 Å². The molecule has 0 saturated carbocycles. The summed E-state index contributed by atoms with van der Waals surface area (Å²) in [6.45, 7) is 2.12. The zero-order chi connectivity index (χ0) is 15.7. The summed E-state index contributed by atoms with van der Waals surface area (Å²) in [7, 11) is 1.61. The van der Waals surface area contributed by atoms with Crippen molar-refractivity contribution >= 4 is 11.9 Å². The zero-order valence-corrected chi connectivity index (χ0v) is 12.3. The molecule has 0 aliphatic rings. The highest BCUT2D eigenvalue weighted by atomic mass is 16.5. The fraction of sp³-hybridized carbons (Fsp3) is 0.467. The summed E-state index contributed by atoms with van der Waals surface area (Å²) in [5.41, 5.74) is 1.06. The number of aliphatic carboxylic acids is 1. The lowest BCUT2D eigenvalue weighted by Gasteiger charge is -2.12. The third-order valence-corrected chi connectivity index (χ3v) is 2.97. The van der Waals surface area contributed by atoms with Crippen molar-refractivity contribution in [3.63, 3.8) is 0 Å². The molecule has 0 aliphatic heterocycles. The van der Waals surface area contributed by atoms with Crippen LogP contribution in [0.25, 0.3) is 0 Å². The summed E-state index contributed by atoms with van der Waals surface area (Å²) in [5.74, 6) is -0.228. The first-order valence-electron chi connectivity index (χ1n) is 6.73. The van der Waals surface area contributed by atoms with Crippen LogP contribution >= 0.6 is 0 Å². The number of carbonyl (C=O) groups excluding carboxylic acids is 1. The molecule has 0 heterocycles. The first-order valence-corrected chi connectivity index (χ1v) is 6.73. The van der Waals surface area contributed by atoms with Crippen molar-refractivity contribution in [1.82, 2.24) is 5.32 Å². The van der Waals surface area contributed by atoms with Gasteiger partial charge in [0.05, 0.1) is 13.7 Å². The molecular weight excluding hydrogens is 274 g/mol.